The molecule has 8 heavy (non-hydrogen) atoms. The number of aliphatic hydroxyl groups is 1. The minimum atomic E-state index is -3.96. The molecule has 2 nitrogen and oxygen atoms in total. The Hall–Kier alpha value is -0.370. The summed E-state index contributed by atoms with van der Waals surface area (Å²) in [4.78, 5) is 11.6. The minimum Gasteiger partial charge on any atom is -0.390 e. The number of Topliss-reactive ketones (excluding diaryl/α,β-unsaturated/α-hetero) is 1. The van der Waals surface area contributed by atoms with Crippen LogP contribution in [0, 0.1) is 0 Å². The van der Waals surface area contributed by atoms with Gasteiger partial charge in [-0.05, 0) is 20.6 Å². The van der Waals surface area contributed by atoms with Gasteiger partial charge in [-0.3, -0.25) is 4.79 Å². The Balaban J connectivity index is 6.38. The van der Waals surface area contributed by atoms with Crippen LogP contribution in [0.2, 0.25) is 0 Å². The minimum absolute atomic E-state index is 2.26. The van der Waals surface area contributed by atoms with E-state index in [1.165, 1.54) is 0 Å². The number of ketones is 1. The third-order valence-corrected chi connectivity index (χ3v) is 0.290. The largest absolute Gasteiger partial charge is 0.390 e. The number of hydrogen-bond donors (Lipinski definition) is 1. The van der Waals surface area contributed by atoms with E-state index in [-0.39, 0.29) is 0 Å². The molecule has 0 aromatic rings. The first kappa shape index (κ1) is 0.966. The SMILES string of the molecule is [2H]OC(C([2H])([2H])[2H])(C([2H])([2H])[2H])C([2H])([2H])C(=O)C([2H])([2H])[2H]. The second-order valence-corrected chi connectivity index (χ2v) is 1.14. The Morgan fingerprint density at radius 1 is 2.12 bits per heavy atom. The van der Waals surface area contributed by atoms with Crippen LogP contribution in [0.3, 0.4) is 0 Å². The molecule has 0 rings (SSSR count). The summed E-state index contributed by atoms with van der Waals surface area (Å²) in [5, 5.41) is 3.63. The summed E-state index contributed by atoms with van der Waals surface area (Å²) in [7, 11) is 0. The van der Waals surface area contributed by atoms with Crippen molar-refractivity contribution in [2.45, 2.75) is 32.5 Å². The quantitative estimate of drug-likeness (QED) is 0.608. The molecule has 1 N–H and O–H groups in total. The smallest absolute Gasteiger partial charge is 0.211 e. The highest BCUT2D eigenvalue weighted by atomic mass is 16.3. The third-order valence-electron chi connectivity index (χ3n) is 0.290. The molecule has 0 spiro atoms. The average Bonchev–Trinajstić information content (AvgIpc) is 2.11. The van der Waals surface area contributed by atoms with Crippen molar-refractivity contribution in [3.05, 3.63) is 0 Å². The lowest BCUT2D eigenvalue weighted by Gasteiger charge is -2.13. The standard InChI is InChI=1S/C6H12O2/c1-5(7)4-6(2,3)8/h8H,4H2,1-3H3/i1D3,2D3,3D3,4D2,8D. The van der Waals surface area contributed by atoms with Crippen LogP contribution in [0.4, 0.5) is 0 Å². The molecule has 48 valence electrons. The van der Waals surface area contributed by atoms with Crippen LogP contribution in [0.25, 0.3) is 0 Å². The Kier molecular flexibility index (Phi) is 0.274. The second-order valence-electron chi connectivity index (χ2n) is 1.14. The number of carbonyl (C=O) groups is 1. The molecule has 0 unspecified atom stereocenters. The van der Waals surface area contributed by atoms with Crippen LogP contribution >= 0.6 is 0 Å². The molecule has 2 heteroatoms. The van der Waals surface area contributed by atoms with E-state index >= 15 is 0 Å². The van der Waals surface area contributed by atoms with Gasteiger partial charge in [0.25, 0.3) is 0 Å². The molecule has 0 aromatic carbocycles. The van der Waals surface area contributed by atoms with Gasteiger partial charge < -0.3 is 5.11 Å². The van der Waals surface area contributed by atoms with Gasteiger partial charge in [0.2, 0.25) is 1.43 Å². The molecule has 0 aliphatic heterocycles. The van der Waals surface area contributed by atoms with E-state index in [1.54, 1.807) is 0 Å². The van der Waals surface area contributed by atoms with Crippen molar-refractivity contribution >= 4 is 5.78 Å². The molecule has 0 aromatic heterocycles. The van der Waals surface area contributed by atoms with Gasteiger partial charge in [-0.25, -0.2) is 0 Å². The van der Waals surface area contributed by atoms with Crippen LogP contribution in [0.5, 0.6) is 0 Å². The molecule has 0 fully saturated rings. The fourth-order valence-electron chi connectivity index (χ4n) is 0.160. The first-order valence-electron chi connectivity index (χ1n) is 7.57. The van der Waals surface area contributed by atoms with Crippen LogP contribution in [0.1, 0.15) is 42.0 Å². The molecule has 0 aliphatic rings. The van der Waals surface area contributed by atoms with E-state index in [4.69, 9.17) is 16.5 Å². The average molecular weight is 128 g/mol. The van der Waals surface area contributed by atoms with Gasteiger partial charge in [0.05, 0.1) is 5.60 Å². The first-order valence-corrected chi connectivity index (χ1v) is 1.66. The van der Waals surface area contributed by atoms with Crippen molar-refractivity contribution in [3.63, 3.8) is 0 Å². The molecule has 0 aliphatic carbocycles. The van der Waals surface area contributed by atoms with Crippen LogP contribution in [-0.4, -0.2) is 17.9 Å². The fraction of sp³-hybridized carbons (Fsp3) is 0.833. The Morgan fingerprint density at radius 2 is 2.88 bits per heavy atom. The van der Waals surface area contributed by atoms with Crippen molar-refractivity contribution in [1.82, 2.24) is 0 Å². The Morgan fingerprint density at radius 3 is 3.25 bits per heavy atom. The first-order chi connectivity index (χ1) is 8.47. The van der Waals surface area contributed by atoms with E-state index < -0.39 is 38.3 Å². The lowest BCUT2D eigenvalue weighted by atomic mass is 10.0. The topological polar surface area (TPSA) is 37.3 Å². The number of rotatable bonds is 3. The zero-order chi connectivity index (χ0) is 16.8. The number of carbonyl (C=O) groups excluding carboxylic acids is 1. The van der Waals surface area contributed by atoms with E-state index in [1.807, 2.05) is 0 Å². The van der Waals surface area contributed by atoms with E-state index in [0.29, 0.717) is 0 Å². The molecule has 0 heterocycles. The summed E-state index contributed by atoms with van der Waals surface area (Å²) in [6.45, 7) is -11.2. The van der Waals surface area contributed by atoms with Crippen molar-refractivity contribution < 1.29 is 25.0 Å². The maximum Gasteiger partial charge on any atom is 0.211 e. The highest BCUT2D eigenvalue weighted by Crippen LogP contribution is 2.06. The summed E-state index contributed by atoms with van der Waals surface area (Å²) in [5.41, 5.74) is -3.92. The zero-order valence-corrected chi connectivity index (χ0v) is 3.82. The molecule has 0 saturated heterocycles. The fourth-order valence-corrected chi connectivity index (χ4v) is 0.160. The van der Waals surface area contributed by atoms with Crippen LogP contribution < -0.4 is 0 Å². The van der Waals surface area contributed by atoms with Crippen molar-refractivity contribution in [2.75, 3.05) is 0 Å². The predicted molar refractivity (Wildman–Crippen MR) is 31.6 cm³/mol. The summed E-state index contributed by atoms with van der Waals surface area (Å²) in [6.07, 6.45) is -3.96. The van der Waals surface area contributed by atoms with E-state index in [0.717, 1.165) is 0 Å². The van der Waals surface area contributed by atoms with E-state index in [2.05, 4.69) is 5.11 Å². The second kappa shape index (κ2) is 2.27. The van der Waals surface area contributed by atoms with Gasteiger partial charge in [0.15, 0.2) is 0 Å². The lowest BCUT2D eigenvalue weighted by molar-refractivity contribution is -0.120. The Labute approximate surface area is 66.5 Å². The highest BCUT2D eigenvalue weighted by Gasteiger charge is 2.13. The summed E-state index contributed by atoms with van der Waals surface area (Å²) < 4.78 is 84.5. The molecule has 0 radical (unpaired) electrons. The molecule has 0 atom stereocenters. The monoisotopic (exact) mass is 128 g/mol. The zero-order valence-electron chi connectivity index (χ0n) is 15.8. The van der Waals surface area contributed by atoms with Crippen molar-refractivity contribution in [3.8, 4) is 0 Å². The summed E-state index contributed by atoms with van der Waals surface area (Å²) in [5.74, 6) is -2.26. The highest BCUT2D eigenvalue weighted by molar-refractivity contribution is 5.76. The molecule has 0 saturated carbocycles. The molecule has 0 bridgehead atoms. The van der Waals surface area contributed by atoms with Gasteiger partial charge >= 0.3 is 0 Å². The summed E-state index contributed by atoms with van der Waals surface area (Å²) in [6, 6.07) is 0. The van der Waals surface area contributed by atoms with Gasteiger partial charge in [-0.1, -0.05) is 0 Å². The van der Waals surface area contributed by atoms with E-state index in [9.17, 15) is 4.79 Å². The maximum absolute atomic E-state index is 11.6. The van der Waals surface area contributed by atoms with Crippen molar-refractivity contribution in [1.29, 1.82) is 1.43 Å². The van der Waals surface area contributed by atoms with Gasteiger partial charge in [0.1, 0.15) is 5.78 Å². The number of hydrogen-bond acceptors (Lipinski definition) is 2. The lowest BCUT2D eigenvalue weighted by Crippen LogP contribution is -2.21. The summed E-state index contributed by atoms with van der Waals surface area (Å²) >= 11 is 0. The molecule has 0 amide bonds. The Bertz CT molecular complexity index is 359. The van der Waals surface area contributed by atoms with Gasteiger partial charge in [0, 0.05) is 21.5 Å². The van der Waals surface area contributed by atoms with Gasteiger partial charge in [-0.15, -0.1) is 0 Å². The predicted octanol–water partition coefficient (Wildman–Crippen LogP) is 0.736. The molecular weight excluding hydrogens is 104 g/mol. The molecular formula is C6H12O2. The third kappa shape index (κ3) is 5.63. The van der Waals surface area contributed by atoms with Crippen LogP contribution in [0.15, 0.2) is 0 Å². The van der Waals surface area contributed by atoms with Crippen LogP contribution in [-0.2, 0) is 4.79 Å². The van der Waals surface area contributed by atoms with Gasteiger partial charge in [-0.2, -0.15) is 0 Å². The van der Waals surface area contributed by atoms with Crippen molar-refractivity contribution in [2.24, 2.45) is 0 Å². The normalized spacial score (nSPS) is 40.0. The maximum atomic E-state index is 11.6.